The topological polar surface area (TPSA) is 64.3 Å². The van der Waals surface area contributed by atoms with Crippen LogP contribution >= 0.6 is 11.8 Å². The lowest BCUT2D eigenvalue weighted by atomic mass is 10.0. The summed E-state index contributed by atoms with van der Waals surface area (Å²) < 4.78 is 7.77. The fourth-order valence-corrected chi connectivity index (χ4v) is 3.46. The first-order chi connectivity index (χ1) is 10.1. The van der Waals surface area contributed by atoms with Gasteiger partial charge in [0, 0.05) is 19.1 Å². The van der Waals surface area contributed by atoms with Crippen molar-refractivity contribution < 1.29 is 14.6 Å². The molecule has 2 aromatic rings. The summed E-state index contributed by atoms with van der Waals surface area (Å²) in [5.41, 5.74) is 1.97. The summed E-state index contributed by atoms with van der Waals surface area (Å²) in [7, 11) is 0. The highest BCUT2D eigenvalue weighted by atomic mass is 32.2. The van der Waals surface area contributed by atoms with E-state index in [9.17, 15) is 4.79 Å². The van der Waals surface area contributed by atoms with E-state index >= 15 is 0 Å². The summed E-state index contributed by atoms with van der Waals surface area (Å²) in [6.07, 6.45) is 1.28. The van der Waals surface area contributed by atoms with Crippen molar-refractivity contribution in [2.75, 3.05) is 12.4 Å². The molecule has 1 N–H and O–H groups in total. The number of hydrogen-bond donors (Lipinski definition) is 1. The molecule has 0 aliphatic carbocycles. The van der Waals surface area contributed by atoms with Crippen LogP contribution in [0.2, 0.25) is 0 Å². The Morgan fingerprint density at radius 3 is 3.05 bits per heavy atom. The van der Waals surface area contributed by atoms with Crippen LogP contribution in [-0.4, -0.2) is 39.1 Å². The number of nitrogens with zero attached hydrogens (tertiary/aromatic N) is 2. The number of thioether (sulfide) groups is 1. The summed E-state index contributed by atoms with van der Waals surface area (Å²) in [5, 5.41) is 9.66. The molecular formula is C15H18N2O3S. The molecule has 21 heavy (non-hydrogen) atoms. The van der Waals surface area contributed by atoms with E-state index in [-0.39, 0.29) is 11.9 Å². The maximum Gasteiger partial charge on any atom is 0.313 e. The molecule has 0 saturated carbocycles. The van der Waals surface area contributed by atoms with Gasteiger partial charge < -0.3 is 14.4 Å². The molecule has 5 nitrogen and oxygen atoms in total. The molecule has 1 aliphatic rings. The van der Waals surface area contributed by atoms with Crippen LogP contribution in [-0.2, 0) is 16.1 Å². The molecular weight excluding hydrogens is 288 g/mol. The van der Waals surface area contributed by atoms with Crippen molar-refractivity contribution in [3.05, 3.63) is 24.3 Å². The Balaban J connectivity index is 1.92. The molecule has 1 aromatic heterocycles. The molecule has 1 aromatic carbocycles. The second-order valence-electron chi connectivity index (χ2n) is 5.30. The molecule has 0 bridgehead atoms. The van der Waals surface area contributed by atoms with Crippen LogP contribution in [0.4, 0.5) is 0 Å². The fraction of sp³-hybridized carbons (Fsp3) is 0.467. The summed E-state index contributed by atoms with van der Waals surface area (Å²) in [6.45, 7) is 3.72. The van der Waals surface area contributed by atoms with Gasteiger partial charge in [-0.3, -0.25) is 4.79 Å². The monoisotopic (exact) mass is 306 g/mol. The van der Waals surface area contributed by atoms with Gasteiger partial charge in [0.15, 0.2) is 5.16 Å². The standard InChI is InChI=1S/C15H18N2O3S/c1-10-11(6-7-20-10)8-17-13-5-3-2-4-12(13)16-15(17)21-9-14(18)19/h2-5,10-11H,6-9H2,1H3,(H,18,19). The largest absolute Gasteiger partial charge is 0.481 e. The van der Waals surface area contributed by atoms with Crippen LogP contribution in [0.5, 0.6) is 0 Å². The minimum atomic E-state index is -0.823. The third-order valence-corrected chi connectivity index (χ3v) is 4.86. The van der Waals surface area contributed by atoms with Gasteiger partial charge in [-0.15, -0.1) is 0 Å². The van der Waals surface area contributed by atoms with Crippen molar-refractivity contribution in [2.24, 2.45) is 5.92 Å². The molecule has 3 rings (SSSR count). The van der Waals surface area contributed by atoms with Crippen LogP contribution in [0.1, 0.15) is 13.3 Å². The van der Waals surface area contributed by atoms with Gasteiger partial charge in [-0.25, -0.2) is 4.98 Å². The van der Waals surface area contributed by atoms with Crippen molar-refractivity contribution in [2.45, 2.75) is 31.1 Å². The van der Waals surface area contributed by atoms with E-state index in [1.54, 1.807) is 0 Å². The fourth-order valence-electron chi connectivity index (χ4n) is 2.72. The molecule has 1 fully saturated rings. The van der Waals surface area contributed by atoms with Crippen molar-refractivity contribution in [3.8, 4) is 0 Å². The van der Waals surface area contributed by atoms with E-state index in [1.807, 2.05) is 24.3 Å². The van der Waals surface area contributed by atoms with E-state index in [0.29, 0.717) is 5.92 Å². The maximum absolute atomic E-state index is 10.8. The Kier molecular flexibility index (Phi) is 4.17. The maximum atomic E-state index is 10.8. The Hall–Kier alpha value is -1.53. The van der Waals surface area contributed by atoms with Gasteiger partial charge in [0.05, 0.1) is 22.9 Å². The zero-order valence-electron chi connectivity index (χ0n) is 11.9. The van der Waals surface area contributed by atoms with Crippen LogP contribution < -0.4 is 0 Å². The van der Waals surface area contributed by atoms with Gasteiger partial charge in [-0.05, 0) is 25.5 Å². The molecule has 6 heteroatoms. The number of rotatable bonds is 5. The minimum absolute atomic E-state index is 0.0278. The van der Waals surface area contributed by atoms with Crippen molar-refractivity contribution >= 4 is 28.8 Å². The Labute approximate surface area is 127 Å². The number of ether oxygens (including phenoxy) is 1. The first kappa shape index (κ1) is 14.4. The van der Waals surface area contributed by atoms with Gasteiger partial charge in [0.2, 0.25) is 0 Å². The predicted molar refractivity (Wildman–Crippen MR) is 81.6 cm³/mol. The number of carboxylic acid groups (broad SMARTS) is 1. The van der Waals surface area contributed by atoms with Crippen LogP contribution in [0.3, 0.4) is 0 Å². The van der Waals surface area contributed by atoms with Gasteiger partial charge in [0.25, 0.3) is 0 Å². The van der Waals surface area contributed by atoms with E-state index in [4.69, 9.17) is 9.84 Å². The Bertz CT molecular complexity index is 655. The quantitative estimate of drug-likeness (QED) is 0.860. The number of para-hydroxylation sites is 2. The number of benzene rings is 1. The zero-order chi connectivity index (χ0) is 14.8. The third kappa shape index (κ3) is 3.06. The van der Waals surface area contributed by atoms with E-state index in [2.05, 4.69) is 16.5 Å². The summed E-state index contributed by atoms with van der Waals surface area (Å²) in [5.74, 6) is -0.344. The summed E-state index contributed by atoms with van der Waals surface area (Å²) >= 11 is 1.28. The number of imidazole rings is 1. The lowest BCUT2D eigenvalue weighted by Gasteiger charge is -2.16. The number of aromatic nitrogens is 2. The van der Waals surface area contributed by atoms with Crippen LogP contribution in [0, 0.1) is 5.92 Å². The van der Waals surface area contributed by atoms with Gasteiger partial charge in [-0.2, -0.15) is 0 Å². The van der Waals surface area contributed by atoms with E-state index < -0.39 is 5.97 Å². The van der Waals surface area contributed by atoms with Gasteiger partial charge in [-0.1, -0.05) is 23.9 Å². The molecule has 2 atom stereocenters. The minimum Gasteiger partial charge on any atom is -0.481 e. The number of carboxylic acids is 1. The number of aliphatic carboxylic acids is 1. The molecule has 2 unspecified atom stereocenters. The van der Waals surface area contributed by atoms with Crippen molar-refractivity contribution in [1.82, 2.24) is 9.55 Å². The first-order valence-electron chi connectivity index (χ1n) is 7.06. The second-order valence-corrected chi connectivity index (χ2v) is 6.24. The zero-order valence-corrected chi connectivity index (χ0v) is 12.7. The molecule has 0 amide bonds. The lowest BCUT2D eigenvalue weighted by molar-refractivity contribution is -0.133. The summed E-state index contributed by atoms with van der Waals surface area (Å²) in [4.78, 5) is 15.4. The lowest BCUT2D eigenvalue weighted by Crippen LogP contribution is -2.18. The van der Waals surface area contributed by atoms with Crippen molar-refractivity contribution in [1.29, 1.82) is 0 Å². The Morgan fingerprint density at radius 2 is 2.33 bits per heavy atom. The third-order valence-electron chi connectivity index (χ3n) is 3.89. The highest BCUT2D eigenvalue weighted by Crippen LogP contribution is 2.29. The predicted octanol–water partition coefficient (Wildman–Crippen LogP) is 2.64. The molecule has 1 aliphatic heterocycles. The molecule has 0 spiro atoms. The average molecular weight is 306 g/mol. The van der Waals surface area contributed by atoms with E-state index in [0.717, 1.165) is 35.8 Å². The summed E-state index contributed by atoms with van der Waals surface area (Å²) in [6, 6.07) is 7.94. The molecule has 112 valence electrons. The normalized spacial score (nSPS) is 22.0. The smallest absolute Gasteiger partial charge is 0.313 e. The van der Waals surface area contributed by atoms with Crippen LogP contribution in [0.25, 0.3) is 11.0 Å². The Morgan fingerprint density at radius 1 is 1.52 bits per heavy atom. The van der Waals surface area contributed by atoms with Gasteiger partial charge >= 0.3 is 5.97 Å². The average Bonchev–Trinajstić information content (AvgIpc) is 3.02. The van der Waals surface area contributed by atoms with Gasteiger partial charge in [0.1, 0.15) is 0 Å². The second kappa shape index (κ2) is 6.07. The first-order valence-corrected chi connectivity index (χ1v) is 8.05. The molecule has 0 radical (unpaired) electrons. The highest BCUT2D eigenvalue weighted by Gasteiger charge is 2.26. The number of fused-ring (bicyclic) bond motifs is 1. The van der Waals surface area contributed by atoms with E-state index in [1.165, 1.54) is 11.8 Å². The SMILES string of the molecule is CC1OCCC1Cn1c(SCC(=O)O)nc2ccccc21. The number of carbonyl (C=O) groups is 1. The van der Waals surface area contributed by atoms with Crippen LogP contribution in [0.15, 0.2) is 29.4 Å². The highest BCUT2D eigenvalue weighted by molar-refractivity contribution is 7.99. The molecule has 2 heterocycles. The number of hydrogen-bond acceptors (Lipinski definition) is 4. The van der Waals surface area contributed by atoms with Crippen molar-refractivity contribution in [3.63, 3.8) is 0 Å². The molecule has 1 saturated heterocycles.